The maximum absolute atomic E-state index is 12.9. The number of hydrogen-bond acceptors (Lipinski definition) is 4. The number of ether oxygens (including phenoxy) is 1. The minimum absolute atomic E-state index is 0.00286. The molecule has 1 aliphatic heterocycles. The molecule has 0 N–H and O–H groups in total. The van der Waals surface area contributed by atoms with Gasteiger partial charge in [0.15, 0.2) is 8.32 Å². The molecule has 30 heavy (non-hydrogen) atoms. The van der Waals surface area contributed by atoms with Gasteiger partial charge in [-0.05, 0) is 37.2 Å². The Morgan fingerprint density at radius 2 is 1.90 bits per heavy atom. The van der Waals surface area contributed by atoms with Crippen LogP contribution in [0.1, 0.15) is 33.3 Å². The molecule has 1 saturated heterocycles. The van der Waals surface area contributed by atoms with Crippen molar-refractivity contribution in [2.45, 2.75) is 58.0 Å². The molecule has 3 atom stereocenters. The molecule has 0 saturated carbocycles. The van der Waals surface area contributed by atoms with Crippen molar-refractivity contribution >= 4 is 20.2 Å². The number of rotatable bonds is 6. The highest BCUT2D eigenvalue weighted by molar-refractivity contribution is 6.74. The van der Waals surface area contributed by atoms with Crippen LogP contribution in [0.4, 0.5) is 0 Å². The molecule has 2 rings (SSSR count). The Labute approximate surface area is 181 Å². The Morgan fingerprint density at radius 1 is 1.27 bits per heavy atom. The fourth-order valence-electron chi connectivity index (χ4n) is 3.13. The van der Waals surface area contributed by atoms with Crippen LogP contribution < -0.4 is 0 Å². The second kappa shape index (κ2) is 9.63. The molecule has 162 valence electrons. The summed E-state index contributed by atoms with van der Waals surface area (Å²) in [4.78, 5) is 26.0. The van der Waals surface area contributed by atoms with Crippen LogP contribution in [-0.2, 0) is 18.8 Å². The number of likely N-dealkylation sites (tertiary alicyclic amines) is 1. The van der Waals surface area contributed by atoms with Crippen molar-refractivity contribution in [2.75, 3.05) is 13.7 Å². The Hall–Kier alpha value is -2.36. The average molecular weight is 428 g/mol. The molecule has 1 aromatic rings. The summed E-state index contributed by atoms with van der Waals surface area (Å²) >= 11 is 0. The summed E-state index contributed by atoms with van der Waals surface area (Å²) < 4.78 is 11.1. The Morgan fingerprint density at radius 3 is 2.47 bits per heavy atom. The van der Waals surface area contributed by atoms with Gasteiger partial charge in [-0.3, -0.25) is 4.79 Å². The van der Waals surface area contributed by atoms with Crippen molar-refractivity contribution in [3.8, 4) is 11.8 Å². The first-order chi connectivity index (χ1) is 14.0. The van der Waals surface area contributed by atoms with Crippen molar-refractivity contribution in [2.24, 2.45) is 5.92 Å². The molecule has 1 heterocycles. The highest BCUT2D eigenvalue weighted by atomic mass is 28.4. The fourth-order valence-corrected chi connectivity index (χ4v) is 4.56. The zero-order chi connectivity index (χ0) is 22.5. The molecule has 0 aromatic heterocycles. The largest absolute Gasteiger partial charge is 0.466 e. The monoisotopic (exact) mass is 427 g/mol. The topological polar surface area (TPSA) is 55.8 Å². The lowest BCUT2D eigenvalue weighted by atomic mass is 9.83. The molecule has 1 fully saturated rings. The van der Waals surface area contributed by atoms with Gasteiger partial charge in [-0.1, -0.05) is 56.9 Å². The van der Waals surface area contributed by atoms with Gasteiger partial charge in [0.1, 0.15) is 6.04 Å². The lowest BCUT2D eigenvalue weighted by Crippen LogP contribution is -2.65. The third-order valence-corrected chi connectivity index (χ3v) is 10.5. The molecular formula is C24H33NO4Si. The van der Waals surface area contributed by atoms with E-state index >= 15 is 0 Å². The van der Waals surface area contributed by atoms with E-state index in [4.69, 9.17) is 4.43 Å². The SMILES string of the molecule is COC(=O)/C=C/CN1C(=O)[C@H]([C@@H](C)O[Si](C)(C)C(C)(C)C)C1C#Cc1ccccc1. The summed E-state index contributed by atoms with van der Waals surface area (Å²) in [6.07, 6.45) is 2.74. The van der Waals surface area contributed by atoms with E-state index in [1.165, 1.54) is 13.2 Å². The summed E-state index contributed by atoms with van der Waals surface area (Å²) in [5, 5.41) is 0.0577. The third kappa shape index (κ3) is 5.62. The van der Waals surface area contributed by atoms with E-state index < -0.39 is 14.3 Å². The normalized spacial score (nSPS) is 20.4. The van der Waals surface area contributed by atoms with Gasteiger partial charge in [0.2, 0.25) is 5.91 Å². The van der Waals surface area contributed by atoms with Crippen molar-refractivity contribution in [1.82, 2.24) is 4.90 Å². The van der Waals surface area contributed by atoms with E-state index in [9.17, 15) is 9.59 Å². The third-order valence-electron chi connectivity index (χ3n) is 5.93. The van der Waals surface area contributed by atoms with Gasteiger partial charge in [0.25, 0.3) is 0 Å². The van der Waals surface area contributed by atoms with E-state index in [0.29, 0.717) is 6.54 Å². The van der Waals surface area contributed by atoms with Gasteiger partial charge in [-0.2, -0.15) is 0 Å². The Bertz CT molecular complexity index is 845. The molecule has 0 spiro atoms. The molecule has 6 heteroatoms. The fraction of sp³-hybridized carbons (Fsp3) is 0.500. The number of carbonyl (C=O) groups is 2. The van der Waals surface area contributed by atoms with Crippen molar-refractivity contribution in [3.05, 3.63) is 48.0 Å². The minimum atomic E-state index is -2.02. The van der Waals surface area contributed by atoms with E-state index in [2.05, 4.69) is 50.4 Å². The van der Waals surface area contributed by atoms with Crippen LogP contribution in [-0.4, -0.2) is 50.9 Å². The quantitative estimate of drug-likeness (QED) is 0.226. The van der Waals surface area contributed by atoms with Gasteiger partial charge < -0.3 is 14.1 Å². The van der Waals surface area contributed by atoms with Gasteiger partial charge in [0, 0.05) is 18.2 Å². The molecule has 1 aliphatic rings. The van der Waals surface area contributed by atoms with E-state index in [1.807, 2.05) is 37.3 Å². The molecule has 1 amide bonds. The minimum Gasteiger partial charge on any atom is -0.466 e. The first-order valence-corrected chi connectivity index (χ1v) is 13.2. The second-order valence-corrected chi connectivity index (χ2v) is 13.9. The lowest BCUT2D eigenvalue weighted by molar-refractivity contribution is -0.157. The summed E-state index contributed by atoms with van der Waals surface area (Å²) in [5.74, 6) is 5.69. The predicted molar refractivity (Wildman–Crippen MR) is 121 cm³/mol. The standard InChI is InChI=1S/C24H33NO4Si/c1-18(29-30(6,7)24(2,3)4)22-20(16-15-19-12-9-8-10-13-19)25(23(22)27)17-11-14-21(26)28-5/h8-14,18,20,22H,17H2,1-7H3/b14-11+/t18-,20?,22-/m1/s1. The summed E-state index contributed by atoms with van der Waals surface area (Å²) in [5.41, 5.74) is 0.901. The maximum Gasteiger partial charge on any atom is 0.330 e. The van der Waals surface area contributed by atoms with Gasteiger partial charge in [-0.15, -0.1) is 0 Å². The molecule has 5 nitrogen and oxygen atoms in total. The van der Waals surface area contributed by atoms with Crippen LogP contribution in [0.25, 0.3) is 0 Å². The summed E-state index contributed by atoms with van der Waals surface area (Å²) in [6, 6.07) is 9.44. The summed E-state index contributed by atoms with van der Waals surface area (Å²) in [7, 11) is -0.696. The van der Waals surface area contributed by atoms with Crippen LogP contribution in [0.15, 0.2) is 42.5 Å². The Balaban J connectivity index is 2.23. The van der Waals surface area contributed by atoms with Gasteiger partial charge >= 0.3 is 5.97 Å². The zero-order valence-electron chi connectivity index (χ0n) is 19.1. The van der Waals surface area contributed by atoms with Crippen molar-refractivity contribution in [1.29, 1.82) is 0 Å². The van der Waals surface area contributed by atoms with Crippen molar-refractivity contribution in [3.63, 3.8) is 0 Å². The van der Waals surface area contributed by atoms with E-state index in [1.54, 1.807) is 11.0 Å². The maximum atomic E-state index is 12.9. The molecule has 0 radical (unpaired) electrons. The predicted octanol–water partition coefficient (Wildman–Crippen LogP) is 4.00. The first-order valence-electron chi connectivity index (χ1n) is 10.3. The van der Waals surface area contributed by atoms with E-state index in [0.717, 1.165) is 5.56 Å². The number of esters is 1. The molecule has 1 unspecified atom stereocenters. The molecule has 0 bridgehead atoms. The van der Waals surface area contributed by atoms with Crippen LogP contribution in [0, 0.1) is 17.8 Å². The van der Waals surface area contributed by atoms with Crippen LogP contribution in [0.2, 0.25) is 18.1 Å². The molecule has 0 aliphatic carbocycles. The first kappa shape index (κ1) is 23.9. The van der Waals surface area contributed by atoms with Crippen molar-refractivity contribution < 1.29 is 18.8 Å². The Kier molecular flexibility index (Phi) is 7.68. The number of amides is 1. The smallest absolute Gasteiger partial charge is 0.330 e. The van der Waals surface area contributed by atoms with Crippen LogP contribution in [0.5, 0.6) is 0 Å². The number of nitrogens with zero attached hydrogens (tertiary/aromatic N) is 1. The van der Waals surface area contributed by atoms with Gasteiger partial charge in [0.05, 0.1) is 19.1 Å². The van der Waals surface area contributed by atoms with Crippen LogP contribution in [0.3, 0.4) is 0 Å². The number of β-lactam (4-membered cyclic amide) rings is 1. The highest BCUT2D eigenvalue weighted by Gasteiger charge is 2.51. The summed E-state index contributed by atoms with van der Waals surface area (Å²) in [6.45, 7) is 13.2. The van der Waals surface area contributed by atoms with Crippen LogP contribution >= 0.6 is 0 Å². The van der Waals surface area contributed by atoms with Gasteiger partial charge in [-0.25, -0.2) is 4.79 Å². The average Bonchev–Trinajstić information content (AvgIpc) is 2.67. The number of benzene rings is 1. The zero-order valence-corrected chi connectivity index (χ0v) is 20.1. The number of carbonyl (C=O) groups excluding carboxylic acids is 2. The number of methoxy groups -OCH3 is 1. The molecular weight excluding hydrogens is 394 g/mol. The second-order valence-electron chi connectivity index (χ2n) is 9.11. The highest BCUT2D eigenvalue weighted by Crippen LogP contribution is 2.40. The number of hydrogen-bond donors (Lipinski definition) is 0. The molecule has 1 aromatic carbocycles. The van der Waals surface area contributed by atoms with E-state index in [-0.39, 0.29) is 29.0 Å². The lowest BCUT2D eigenvalue weighted by Gasteiger charge is -2.49.